The molecule has 2 unspecified atom stereocenters. The molecule has 0 radical (unpaired) electrons. The van der Waals surface area contributed by atoms with E-state index < -0.39 is 0 Å². The lowest BCUT2D eigenvalue weighted by Gasteiger charge is -2.60. The maximum atomic E-state index is 4.93. The van der Waals surface area contributed by atoms with E-state index in [1.807, 2.05) is 6.20 Å². The molecule has 0 amide bonds. The van der Waals surface area contributed by atoms with E-state index in [4.69, 9.17) is 4.98 Å². The Hall–Kier alpha value is -1.38. The third kappa shape index (κ3) is 1.60. The summed E-state index contributed by atoms with van der Waals surface area (Å²) in [4.78, 5) is 13.1. The number of pyridine rings is 1. The molecule has 3 heteroatoms. The zero-order valence-electron chi connectivity index (χ0n) is 12.9. The molecule has 0 aromatic carbocycles. The normalized spacial score (nSPS) is 41.0. The average Bonchev–Trinajstić information content (AvgIpc) is 2.82. The summed E-state index contributed by atoms with van der Waals surface area (Å²) >= 11 is 0. The fraction of sp³-hybridized carbons (Fsp3) is 0.667. The van der Waals surface area contributed by atoms with Gasteiger partial charge in [0.2, 0.25) is 0 Å². The van der Waals surface area contributed by atoms with Crippen molar-refractivity contribution in [2.24, 2.45) is 17.3 Å². The number of rotatable bonds is 1. The van der Waals surface area contributed by atoms with Crippen LogP contribution in [-0.4, -0.2) is 15.0 Å². The molecule has 4 saturated carbocycles. The molecule has 0 saturated heterocycles. The molecule has 2 aromatic heterocycles. The van der Waals surface area contributed by atoms with Crippen molar-refractivity contribution in [1.29, 1.82) is 0 Å². The summed E-state index contributed by atoms with van der Waals surface area (Å²) in [6.45, 7) is 4.67. The lowest BCUT2D eigenvalue weighted by Crippen LogP contribution is -2.53. The number of fused-ring (bicyclic) bond motifs is 1. The fourth-order valence-corrected chi connectivity index (χ4v) is 6.28. The molecule has 0 aliphatic heterocycles. The molecule has 4 bridgehead atoms. The molecule has 4 aliphatic carbocycles. The van der Waals surface area contributed by atoms with Gasteiger partial charge in [0.15, 0.2) is 5.65 Å². The molecule has 110 valence electrons. The molecule has 4 fully saturated rings. The number of aromatic nitrogens is 3. The lowest BCUT2D eigenvalue weighted by molar-refractivity contribution is -0.0644. The van der Waals surface area contributed by atoms with E-state index >= 15 is 0 Å². The Bertz CT molecular complexity index is 715. The van der Waals surface area contributed by atoms with Crippen LogP contribution >= 0.6 is 0 Å². The minimum atomic E-state index is 0.311. The van der Waals surface area contributed by atoms with Crippen LogP contribution in [0.25, 0.3) is 11.2 Å². The van der Waals surface area contributed by atoms with Crippen LogP contribution in [0.2, 0.25) is 0 Å². The van der Waals surface area contributed by atoms with E-state index in [1.165, 1.54) is 49.9 Å². The molecular weight excluding hydrogens is 258 g/mol. The standard InChI is InChI=1S/C18H23N3/c1-11-3-4-19-15-14(11)20-16(21-15)18-8-12-5-13(9-18)7-17(2,6-12)10-18/h3-4,12-13H,5-10H2,1-2H3,(H,19,20,21). The molecule has 1 N–H and O–H groups in total. The van der Waals surface area contributed by atoms with Crippen molar-refractivity contribution < 1.29 is 0 Å². The van der Waals surface area contributed by atoms with Crippen LogP contribution in [0.5, 0.6) is 0 Å². The Labute approximate surface area is 125 Å². The first-order valence-corrected chi connectivity index (χ1v) is 8.37. The SMILES string of the molecule is Cc1ccnc2nc(C34CC5CC(CC(C)(C5)C3)C4)[nH]c12. The van der Waals surface area contributed by atoms with Gasteiger partial charge in [-0.1, -0.05) is 6.92 Å². The van der Waals surface area contributed by atoms with Crippen molar-refractivity contribution in [3.8, 4) is 0 Å². The van der Waals surface area contributed by atoms with Gasteiger partial charge >= 0.3 is 0 Å². The number of imidazole rings is 1. The molecule has 3 nitrogen and oxygen atoms in total. The summed E-state index contributed by atoms with van der Waals surface area (Å²) in [5.41, 5.74) is 4.19. The lowest BCUT2D eigenvalue weighted by atomic mass is 9.44. The highest BCUT2D eigenvalue weighted by molar-refractivity contribution is 5.74. The number of aryl methyl sites for hydroxylation is 1. The van der Waals surface area contributed by atoms with E-state index in [2.05, 4.69) is 29.9 Å². The Balaban J connectivity index is 1.66. The van der Waals surface area contributed by atoms with Gasteiger partial charge in [-0.25, -0.2) is 9.97 Å². The molecule has 0 spiro atoms. The summed E-state index contributed by atoms with van der Waals surface area (Å²) in [6, 6.07) is 2.07. The van der Waals surface area contributed by atoms with E-state index in [9.17, 15) is 0 Å². The monoisotopic (exact) mass is 281 g/mol. The first-order chi connectivity index (χ1) is 10.1. The van der Waals surface area contributed by atoms with Crippen LogP contribution in [0.3, 0.4) is 0 Å². The summed E-state index contributed by atoms with van der Waals surface area (Å²) in [5.74, 6) is 3.09. The Morgan fingerprint density at radius 1 is 1.19 bits per heavy atom. The minimum absolute atomic E-state index is 0.311. The zero-order chi connectivity index (χ0) is 14.2. The topological polar surface area (TPSA) is 41.6 Å². The number of H-pyrrole nitrogens is 1. The number of aromatic amines is 1. The zero-order valence-corrected chi connectivity index (χ0v) is 12.9. The third-order valence-electron chi connectivity index (χ3n) is 6.46. The second-order valence-electron chi connectivity index (χ2n) is 8.46. The van der Waals surface area contributed by atoms with Gasteiger partial charge in [-0.3, -0.25) is 0 Å². The Morgan fingerprint density at radius 2 is 1.95 bits per heavy atom. The van der Waals surface area contributed by atoms with Crippen molar-refractivity contribution in [1.82, 2.24) is 15.0 Å². The van der Waals surface area contributed by atoms with E-state index in [-0.39, 0.29) is 0 Å². The van der Waals surface area contributed by atoms with Crippen LogP contribution < -0.4 is 0 Å². The second-order valence-corrected chi connectivity index (χ2v) is 8.46. The van der Waals surface area contributed by atoms with Crippen LogP contribution in [0.1, 0.15) is 56.8 Å². The van der Waals surface area contributed by atoms with Gasteiger partial charge in [0, 0.05) is 11.6 Å². The first kappa shape index (κ1) is 12.2. The average molecular weight is 281 g/mol. The molecule has 2 aromatic rings. The van der Waals surface area contributed by atoms with Gasteiger partial charge in [0.25, 0.3) is 0 Å². The van der Waals surface area contributed by atoms with Crippen molar-refractivity contribution in [2.75, 3.05) is 0 Å². The number of nitrogens with zero attached hydrogens (tertiary/aromatic N) is 2. The largest absolute Gasteiger partial charge is 0.340 e. The Kier molecular flexibility index (Phi) is 2.14. The third-order valence-corrected chi connectivity index (χ3v) is 6.46. The highest BCUT2D eigenvalue weighted by Gasteiger charge is 2.57. The van der Waals surface area contributed by atoms with Crippen molar-refractivity contribution >= 4 is 11.2 Å². The van der Waals surface area contributed by atoms with Crippen molar-refractivity contribution in [3.05, 3.63) is 23.7 Å². The van der Waals surface area contributed by atoms with Gasteiger partial charge in [-0.05, 0) is 74.3 Å². The molecule has 4 aliphatic rings. The van der Waals surface area contributed by atoms with Crippen LogP contribution in [-0.2, 0) is 5.41 Å². The van der Waals surface area contributed by atoms with Crippen molar-refractivity contribution in [2.45, 2.75) is 57.8 Å². The first-order valence-electron chi connectivity index (χ1n) is 8.37. The van der Waals surface area contributed by atoms with Crippen LogP contribution in [0.4, 0.5) is 0 Å². The van der Waals surface area contributed by atoms with Crippen molar-refractivity contribution in [3.63, 3.8) is 0 Å². The molecule has 6 rings (SSSR count). The van der Waals surface area contributed by atoms with Crippen LogP contribution in [0.15, 0.2) is 12.3 Å². The minimum Gasteiger partial charge on any atom is -0.340 e. The van der Waals surface area contributed by atoms with Gasteiger partial charge in [0.05, 0.1) is 5.52 Å². The second kappa shape index (κ2) is 3.68. The maximum Gasteiger partial charge on any atom is 0.177 e. The Morgan fingerprint density at radius 3 is 2.62 bits per heavy atom. The summed E-state index contributed by atoms with van der Waals surface area (Å²) in [7, 11) is 0. The smallest absolute Gasteiger partial charge is 0.177 e. The van der Waals surface area contributed by atoms with E-state index in [0.717, 1.165) is 23.0 Å². The molecule has 2 heterocycles. The van der Waals surface area contributed by atoms with E-state index in [0.29, 0.717) is 10.8 Å². The summed E-state index contributed by atoms with van der Waals surface area (Å²) < 4.78 is 0. The maximum absolute atomic E-state index is 4.93. The molecule has 2 atom stereocenters. The molecular formula is C18H23N3. The predicted octanol–water partition coefficient (Wildman–Crippen LogP) is 4.12. The van der Waals surface area contributed by atoms with Gasteiger partial charge in [-0.15, -0.1) is 0 Å². The number of hydrogen-bond acceptors (Lipinski definition) is 2. The highest BCUT2D eigenvalue weighted by atomic mass is 15.0. The number of nitrogens with one attached hydrogen (secondary N) is 1. The van der Waals surface area contributed by atoms with Gasteiger partial charge < -0.3 is 4.98 Å². The molecule has 21 heavy (non-hydrogen) atoms. The number of hydrogen-bond donors (Lipinski definition) is 1. The quantitative estimate of drug-likeness (QED) is 0.854. The fourth-order valence-electron chi connectivity index (χ4n) is 6.28. The predicted molar refractivity (Wildman–Crippen MR) is 83.1 cm³/mol. The summed E-state index contributed by atoms with van der Waals surface area (Å²) in [6.07, 6.45) is 10.3. The highest BCUT2D eigenvalue weighted by Crippen LogP contribution is 2.65. The van der Waals surface area contributed by atoms with Gasteiger partial charge in [0.1, 0.15) is 5.82 Å². The summed E-state index contributed by atoms with van der Waals surface area (Å²) in [5, 5.41) is 0. The van der Waals surface area contributed by atoms with E-state index in [1.54, 1.807) is 0 Å². The van der Waals surface area contributed by atoms with Gasteiger partial charge in [-0.2, -0.15) is 0 Å². The van der Waals surface area contributed by atoms with Crippen LogP contribution in [0, 0.1) is 24.2 Å².